The molecule has 2 rings (SSSR count). The van der Waals surface area contributed by atoms with E-state index in [9.17, 15) is 4.79 Å². The first kappa shape index (κ1) is 14.6. The highest BCUT2D eigenvalue weighted by molar-refractivity contribution is 6.34. The Kier molecular flexibility index (Phi) is 4.36. The van der Waals surface area contributed by atoms with Gasteiger partial charge < -0.3 is 5.32 Å². The minimum absolute atomic E-state index is 0.0571. The molecule has 1 saturated carbocycles. The molecule has 0 aliphatic heterocycles. The van der Waals surface area contributed by atoms with Gasteiger partial charge in [0.25, 0.3) is 0 Å². The summed E-state index contributed by atoms with van der Waals surface area (Å²) in [6, 6.07) is 1.70. The molecule has 0 spiro atoms. The Hall–Kier alpha value is -0.800. The van der Waals surface area contributed by atoms with Crippen molar-refractivity contribution in [3.63, 3.8) is 0 Å². The van der Waals surface area contributed by atoms with Gasteiger partial charge in [-0.3, -0.25) is 4.79 Å². The van der Waals surface area contributed by atoms with Crippen molar-refractivity contribution >= 4 is 34.8 Å². The number of nitrogens with one attached hydrogen (secondary N) is 1. The molecule has 0 aromatic carbocycles. The van der Waals surface area contributed by atoms with E-state index >= 15 is 0 Å². The normalized spacial score (nSPS) is 17.5. The van der Waals surface area contributed by atoms with Gasteiger partial charge in [0.15, 0.2) is 5.15 Å². The van der Waals surface area contributed by atoms with Crippen LogP contribution in [0, 0.1) is 12.3 Å². The Bertz CT molecular complexity index is 473. The van der Waals surface area contributed by atoms with Crippen LogP contribution in [0.25, 0.3) is 0 Å². The molecule has 1 amide bonds. The highest BCUT2D eigenvalue weighted by Gasteiger charge is 2.39. The summed E-state index contributed by atoms with van der Waals surface area (Å²) in [5.41, 5.74) is 1.17. The molecule has 5 heteroatoms. The lowest BCUT2D eigenvalue weighted by molar-refractivity contribution is -0.125. The number of carbonyl (C=O) groups is 1. The van der Waals surface area contributed by atoms with Crippen molar-refractivity contribution in [3.8, 4) is 0 Å². The molecule has 1 heterocycles. The van der Waals surface area contributed by atoms with E-state index in [2.05, 4.69) is 17.2 Å². The van der Waals surface area contributed by atoms with E-state index in [1.54, 1.807) is 6.07 Å². The SMILES string of the molecule is CCC1(C(=O)Nc2c(C)cc(Cl)nc2Cl)CCCC1. The number of nitrogens with zero attached hydrogens (tertiary/aromatic N) is 1. The lowest BCUT2D eigenvalue weighted by atomic mass is 9.82. The summed E-state index contributed by atoms with van der Waals surface area (Å²) in [5.74, 6) is 0.0571. The summed E-state index contributed by atoms with van der Waals surface area (Å²) in [5, 5.41) is 3.54. The van der Waals surface area contributed by atoms with Gasteiger partial charge in [-0.1, -0.05) is 43.0 Å². The molecule has 0 atom stereocenters. The third-order valence-electron chi connectivity index (χ3n) is 4.10. The number of rotatable bonds is 3. The van der Waals surface area contributed by atoms with Crippen LogP contribution in [0.2, 0.25) is 10.3 Å². The second-order valence-corrected chi connectivity index (χ2v) is 5.97. The summed E-state index contributed by atoms with van der Waals surface area (Å²) in [6.07, 6.45) is 5.00. The second-order valence-electron chi connectivity index (χ2n) is 5.22. The lowest BCUT2D eigenvalue weighted by Crippen LogP contribution is -2.33. The smallest absolute Gasteiger partial charge is 0.230 e. The Balaban J connectivity index is 2.24. The van der Waals surface area contributed by atoms with E-state index in [0.29, 0.717) is 10.8 Å². The van der Waals surface area contributed by atoms with E-state index < -0.39 is 0 Å². The molecule has 1 aromatic rings. The number of aryl methyl sites for hydroxylation is 1. The molecule has 104 valence electrons. The van der Waals surface area contributed by atoms with Crippen LogP contribution in [-0.2, 0) is 4.79 Å². The largest absolute Gasteiger partial charge is 0.323 e. The molecule has 1 aliphatic carbocycles. The van der Waals surface area contributed by atoms with E-state index in [1.807, 2.05) is 6.92 Å². The van der Waals surface area contributed by atoms with E-state index in [4.69, 9.17) is 23.2 Å². The summed E-state index contributed by atoms with van der Waals surface area (Å²) < 4.78 is 0. The molecule has 0 bridgehead atoms. The molecular weight excluding hydrogens is 283 g/mol. The molecule has 0 saturated heterocycles. The van der Waals surface area contributed by atoms with Crippen LogP contribution in [0.4, 0.5) is 5.69 Å². The Labute approximate surface area is 123 Å². The molecule has 1 N–H and O–H groups in total. The zero-order valence-corrected chi connectivity index (χ0v) is 12.7. The molecule has 3 nitrogen and oxygen atoms in total. The maximum atomic E-state index is 12.5. The van der Waals surface area contributed by atoms with Crippen molar-refractivity contribution in [2.24, 2.45) is 5.41 Å². The Morgan fingerprint density at radius 1 is 1.42 bits per heavy atom. The van der Waals surface area contributed by atoms with Gasteiger partial charge in [-0.25, -0.2) is 4.98 Å². The molecule has 1 aliphatic rings. The number of hydrogen-bond acceptors (Lipinski definition) is 2. The van der Waals surface area contributed by atoms with Gasteiger partial charge in [-0.2, -0.15) is 0 Å². The van der Waals surface area contributed by atoms with Gasteiger partial charge in [0.1, 0.15) is 5.15 Å². The minimum Gasteiger partial charge on any atom is -0.323 e. The predicted octanol–water partition coefficient (Wildman–Crippen LogP) is 4.61. The molecule has 0 radical (unpaired) electrons. The monoisotopic (exact) mass is 300 g/mol. The molecular formula is C14H18Cl2N2O. The molecule has 1 fully saturated rings. The fourth-order valence-electron chi connectivity index (χ4n) is 2.78. The fraction of sp³-hybridized carbons (Fsp3) is 0.571. The number of pyridine rings is 1. The average Bonchev–Trinajstić information content (AvgIpc) is 2.83. The Morgan fingerprint density at radius 3 is 2.58 bits per heavy atom. The van der Waals surface area contributed by atoms with Crippen LogP contribution in [0.1, 0.15) is 44.6 Å². The first-order chi connectivity index (χ1) is 8.98. The summed E-state index contributed by atoms with van der Waals surface area (Å²) in [7, 11) is 0. The number of aromatic nitrogens is 1. The summed E-state index contributed by atoms with van der Waals surface area (Å²) in [6.45, 7) is 3.93. The van der Waals surface area contributed by atoms with Crippen molar-refractivity contribution in [3.05, 3.63) is 21.9 Å². The Morgan fingerprint density at radius 2 is 2.05 bits per heavy atom. The van der Waals surface area contributed by atoms with Crippen molar-refractivity contribution in [1.29, 1.82) is 0 Å². The molecule has 0 unspecified atom stereocenters. The average molecular weight is 301 g/mol. The first-order valence-corrected chi connectivity index (χ1v) is 7.38. The van der Waals surface area contributed by atoms with Gasteiger partial charge in [0.2, 0.25) is 5.91 Å². The van der Waals surface area contributed by atoms with Crippen LogP contribution in [0.5, 0.6) is 0 Å². The number of halogens is 2. The van der Waals surface area contributed by atoms with Crippen LogP contribution in [-0.4, -0.2) is 10.9 Å². The van der Waals surface area contributed by atoms with Crippen molar-refractivity contribution < 1.29 is 4.79 Å². The zero-order valence-electron chi connectivity index (χ0n) is 11.2. The van der Waals surface area contributed by atoms with Gasteiger partial charge in [0, 0.05) is 5.41 Å². The quantitative estimate of drug-likeness (QED) is 0.829. The maximum absolute atomic E-state index is 12.5. The van der Waals surface area contributed by atoms with E-state index in [0.717, 1.165) is 37.7 Å². The fourth-order valence-corrected chi connectivity index (χ4v) is 3.36. The van der Waals surface area contributed by atoms with Gasteiger partial charge >= 0.3 is 0 Å². The van der Waals surface area contributed by atoms with Crippen molar-refractivity contribution in [1.82, 2.24) is 4.98 Å². The number of hydrogen-bond donors (Lipinski definition) is 1. The van der Waals surface area contributed by atoms with Crippen LogP contribution < -0.4 is 5.32 Å². The van der Waals surface area contributed by atoms with Gasteiger partial charge in [-0.05, 0) is 37.8 Å². The third kappa shape index (κ3) is 2.87. The first-order valence-electron chi connectivity index (χ1n) is 6.62. The molecule has 1 aromatic heterocycles. The highest BCUT2D eigenvalue weighted by Crippen LogP contribution is 2.42. The number of amides is 1. The van der Waals surface area contributed by atoms with Crippen LogP contribution >= 0.6 is 23.2 Å². The number of anilines is 1. The van der Waals surface area contributed by atoms with Crippen molar-refractivity contribution in [2.45, 2.75) is 46.0 Å². The summed E-state index contributed by atoms with van der Waals surface area (Å²) >= 11 is 11.9. The van der Waals surface area contributed by atoms with E-state index in [-0.39, 0.29) is 16.5 Å². The predicted molar refractivity (Wildman–Crippen MR) is 78.8 cm³/mol. The van der Waals surface area contributed by atoms with Crippen LogP contribution in [0.15, 0.2) is 6.07 Å². The van der Waals surface area contributed by atoms with Crippen LogP contribution in [0.3, 0.4) is 0 Å². The minimum atomic E-state index is -0.241. The van der Waals surface area contributed by atoms with E-state index in [1.165, 1.54) is 0 Å². The standard InChI is InChI=1S/C14H18Cl2N2O/c1-3-14(6-4-5-7-14)13(19)18-11-9(2)8-10(15)17-12(11)16/h8H,3-7H2,1-2H3,(H,18,19). The number of carbonyl (C=O) groups excluding carboxylic acids is 1. The summed E-state index contributed by atoms with van der Waals surface area (Å²) in [4.78, 5) is 16.5. The highest BCUT2D eigenvalue weighted by atomic mass is 35.5. The van der Waals surface area contributed by atoms with Gasteiger partial charge in [-0.15, -0.1) is 0 Å². The third-order valence-corrected chi connectivity index (χ3v) is 4.57. The zero-order chi connectivity index (χ0) is 14.0. The van der Waals surface area contributed by atoms with Gasteiger partial charge in [0.05, 0.1) is 5.69 Å². The van der Waals surface area contributed by atoms with Crippen molar-refractivity contribution in [2.75, 3.05) is 5.32 Å². The molecule has 19 heavy (non-hydrogen) atoms. The maximum Gasteiger partial charge on any atom is 0.230 e. The topological polar surface area (TPSA) is 42.0 Å². The second kappa shape index (κ2) is 5.68. The lowest BCUT2D eigenvalue weighted by Gasteiger charge is -2.26.